The summed E-state index contributed by atoms with van der Waals surface area (Å²) < 4.78 is 6.15. The van der Waals surface area contributed by atoms with E-state index in [1.54, 1.807) is 0 Å². The lowest BCUT2D eigenvalue weighted by molar-refractivity contribution is -0.144. The molecule has 0 radical (unpaired) electrons. The Bertz CT molecular complexity index is 716. The Kier molecular flexibility index (Phi) is 7.91. The van der Waals surface area contributed by atoms with Gasteiger partial charge in [0.1, 0.15) is 11.8 Å². The minimum atomic E-state index is -0.785. The van der Waals surface area contributed by atoms with Crippen LogP contribution < -0.4 is 10.1 Å². The number of carboxylic acids is 1. The predicted octanol–water partition coefficient (Wildman–Crippen LogP) is 3.33. The first-order valence-corrected chi connectivity index (χ1v) is 10.1. The van der Waals surface area contributed by atoms with Crippen LogP contribution in [-0.2, 0) is 16.8 Å². The predicted molar refractivity (Wildman–Crippen MR) is 113 cm³/mol. The highest BCUT2D eigenvalue weighted by atomic mass is 16.5. The molecule has 1 fully saturated rings. The van der Waals surface area contributed by atoms with E-state index in [1.165, 1.54) is 11.1 Å². The molecule has 0 bridgehead atoms. The van der Waals surface area contributed by atoms with Crippen molar-refractivity contribution in [2.45, 2.75) is 65.0 Å². The lowest BCUT2D eigenvalue weighted by atomic mass is 9.83. The van der Waals surface area contributed by atoms with E-state index in [1.807, 2.05) is 4.90 Å². The molecule has 5 heteroatoms. The van der Waals surface area contributed by atoms with Crippen LogP contribution in [-0.4, -0.2) is 48.3 Å². The fourth-order valence-corrected chi connectivity index (χ4v) is 3.72. The van der Waals surface area contributed by atoms with Gasteiger partial charge in [0, 0.05) is 38.2 Å². The van der Waals surface area contributed by atoms with Gasteiger partial charge in [-0.1, -0.05) is 26.8 Å². The number of carbonyl (C=O) groups is 1. The molecular formula is C23H34N2O3. The molecule has 2 N–H and O–H groups in total. The molecule has 1 atom stereocenters. The number of hydrogen-bond acceptors (Lipinski definition) is 4. The quantitative estimate of drug-likeness (QED) is 0.530. The third kappa shape index (κ3) is 5.98. The second kappa shape index (κ2) is 9.95. The second-order valence-electron chi connectivity index (χ2n) is 8.56. The smallest absolute Gasteiger partial charge is 0.322 e. The number of benzene rings is 1. The third-order valence-corrected chi connectivity index (χ3v) is 5.20. The number of piperazine rings is 1. The summed E-state index contributed by atoms with van der Waals surface area (Å²) in [5.41, 5.74) is 3.54. The first kappa shape index (κ1) is 22.3. The van der Waals surface area contributed by atoms with E-state index < -0.39 is 12.0 Å². The third-order valence-electron chi connectivity index (χ3n) is 5.20. The molecule has 0 aromatic heterocycles. The van der Waals surface area contributed by atoms with E-state index in [2.05, 4.69) is 51.1 Å². The van der Waals surface area contributed by atoms with Crippen LogP contribution in [0.15, 0.2) is 12.1 Å². The summed E-state index contributed by atoms with van der Waals surface area (Å²) in [6.07, 6.45) is 7.94. The number of nitrogens with one attached hydrogen (secondary N) is 1. The van der Waals surface area contributed by atoms with Gasteiger partial charge in [-0.2, -0.15) is 0 Å². The van der Waals surface area contributed by atoms with Crippen LogP contribution in [0.4, 0.5) is 0 Å². The molecular weight excluding hydrogens is 352 g/mol. The van der Waals surface area contributed by atoms with Crippen molar-refractivity contribution in [3.8, 4) is 18.1 Å². The molecule has 0 spiro atoms. The molecule has 154 valence electrons. The Morgan fingerprint density at radius 1 is 1.39 bits per heavy atom. The van der Waals surface area contributed by atoms with Crippen molar-refractivity contribution in [1.82, 2.24) is 10.2 Å². The molecule has 0 aliphatic carbocycles. The van der Waals surface area contributed by atoms with Gasteiger partial charge in [-0.15, -0.1) is 12.3 Å². The Morgan fingerprint density at radius 3 is 2.79 bits per heavy atom. The molecule has 1 saturated heterocycles. The summed E-state index contributed by atoms with van der Waals surface area (Å²) in [6.45, 7) is 11.9. The zero-order valence-electron chi connectivity index (χ0n) is 17.7. The summed E-state index contributed by atoms with van der Waals surface area (Å²) >= 11 is 0. The van der Waals surface area contributed by atoms with Crippen LogP contribution in [0, 0.1) is 19.3 Å². The van der Waals surface area contributed by atoms with Crippen LogP contribution in [0.2, 0.25) is 0 Å². The van der Waals surface area contributed by atoms with Crippen molar-refractivity contribution in [2.75, 3.05) is 26.2 Å². The van der Waals surface area contributed by atoms with Gasteiger partial charge < -0.3 is 15.2 Å². The minimum Gasteiger partial charge on any atom is -0.493 e. The maximum absolute atomic E-state index is 11.6. The molecule has 1 aromatic rings. The van der Waals surface area contributed by atoms with Crippen molar-refractivity contribution in [3.63, 3.8) is 0 Å². The molecule has 5 nitrogen and oxygen atoms in total. The maximum atomic E-state index is 11.6. The first-order chi connectivity index (χ1) is 13.2. The Morgan fingerprint density at radius 2 is 2.14 bits per heavy atom. The van der Waals surface area contributed by atoms with Crippen LogP contribution in [0.5, 0.6) is 5.75 Å². The van der Waals surface area contributed by atoms with Crippen LogP contribution >= 0.6 is 0 Å². The van der Waals surface area contributed by atoms with Crippen LogP contribution in [0.3, 0.4) is 0 Å². The van der Waals surface area contributed by atoms with Gasteiger partial charge in [-0.25, -0.2) is 0 Å². The summed E-state index contributed by atoms with van der Waals surface area (Å²) in [5, 5.41) is 12.7. The van der Waals surface area contributed by atoms with Gasteiger partial charge in [-0.3, -0.25) is 9.69 Å². The van der Waals surface area contributed by atoms with E-state index in [9.17, 15) is 9.90 Å². The Hall–Kier alpha value is -2.03. The standard InChI is InChI=1S/C23H34N2O3/c1-6-7-8-9-12-28-21-14-19(23(3,4)5)17(2)13-18(21)16-25-11-10-24-15-20(25)22(26)27/h1,13-14,20,24H,7-12,15-16H2,2-5H3,(H,26,27)/t20-/m0/s1. The zero-order chi connectivity index (χ0) is 20.7. The van der Waals surface area contributed by atoms with Crippen molar-refractivity contribution in [1.29, 1.82) is 0 Å². The number of terminal acetylenes is 1. The topological polar surface area (TPSA) is 61.8 Å². The first-order valence-electron chi connectivity index (χ1n) is 10.1. The normalized spacial score (nSPS) is 17.9. The maximum Gasteiger partial charge on any atom is 0.322 e. The molecule has 0 amide bonds. The molecule has 1 heterocycles. The van der Waals surface area contributed by atoms with Crippen LogP contribution in [0.25, 0.3) is 0 Å². The van der Waals surface area contributed by atoms with Crippen molar-refractivity contribution < 1.29 is 14.6 Å². The van der Waals surface area contributed by atoms with Gasteiger partial charge in [0.2, 0.25) is 0 Å². The average molecular weight is 387 g/mol. The molecule has 1 aliphatic heterocycles. The summed E-state index contributed by atoms with van der Waals surface area (Å²) in [7, 11) is 0. The molecule has 2 rings (SSSR count). The number of nitrogens with zero attached hydrogens (tertiary/aromatic N) is 1. The zero-order valence-corrected chi connectivity index (χ0v) is 17.7. The minimum absolute atomic E-state index is 0.0167. The van der Waals surface area contributed by atoms with E-state index in [0.29, 0.717) is 26.2 Å². The van der Waals surface area contributed by atoms with Crippen molar-refractivity contribution in [3.05, 3.63) is 28.8 Å². The fraction of sp³-hybridized carbons (Fsp3) is 0.609. The van der Waals surface area contributed by atoms with E-state index in [4.69, 9.17) is 11.2 Å². The SMILES string of the molecule is C#CCCCCOc1cc(C(C)(C)C)c(C)cc1CN1CCNC[C@H]1C(=O)O. The van der Waals surface area contributed by atoms with E-state index >= 15 is 0 Å². The van der Waals surface area contributed by atoms with Crippen molar-refractivity contribution >= 4 is 5.97 Å². The molecule has 0 saturated carbocycles. The number of rotatable bonds is 8. The highest BCUT2D eigenvalue weighted by Crippen LogP contribution is 2.33. The van der Waals surface area contributed by atoms with Gasteiger partial charge in [-0.05, 0) is 42.4 Å². The largest absolute Gasteiger partial charge is 0.493 e. The second-order valence-corrected chi connectivity index (χ2v) is 8.56. The average Bonchev–Trinajstić information content (AvgIpc) is 2.62. The number of ether oxygens (including phenoxy) is 1. The molecule has 0 unspecified atom stereocenters. The number of aryl methyl sites for hydroxylation is 1. The summed E-state index contributed by atoms with van der Waals surface area (Å²) in [6, 6.07) is 3.79. The van der Waals surface area contributed by atoms with Crippen molar-refractivity contribution in [2.24, 2.45) is 0 Å². The number of hydrogen-bond donors (Lipinski definition) is 2. The summed E-state index contributed by atoms with van der Waals surface area (Å²) in [5.74, 6) is 2.73. The lowest BCUT2D eigenvalue weighted by Gasteiger charge is -2.34. The number of carboxylic acid groups (broad SMARTS) is 1. The number of aliphatic carboxylic acids is 1. The van der Waals surface area contributed by atoms with E-state index in [-0.39, 0.29) is 5.41 Å². The highest BCUT2D eigenvalue weighted by molar-refractivity contribution is 5.74. The molecule has 1 aliphatic rings. The van der Waals surface area contributed by atoms with Gasteiger partial charge in [0.05, 0.1) is 6.61 Å². The Balaban J connectivity index is 2.26. The van der Waals surface area contributed by atoms with Gasteiger partial charge in [0.15, 0.2) is 0 Å². The Labute approximate surface area is 169 Å². The lowest BCUT2D eigenvalue weighted by Crippen LogP contribution is -2.54. The fourth-order valence-electron chi connectivity index (χ4n) is 3.72. The number of unbranched alkanes of at least 4 members (excludes halogenated alkanes) is 2. The van der Waals surface area contributed by atoms with E-state index in [0.717, 1.165) is 37.1 Å². The van der Waals surface area contributed by atoms with Gasteiger partial charge >= 0.3 is 5.97 Å². The molecule has 1 aromatic carbocycles. The molecule has 28 heavy (non-hydrogen) atoms. The monoisotopic (exact) mass is 386 g/mol. The van der Waals surface area contributed by atoms with Gasteiger partial charge in [0.25, 0.3) is 0 Å². The van der Waals surface area contributed by atoms with Crippen LogP contribution in [0.1, 0.15) is 56.7 Å². The summed E-state index contributed by atoms with van der Waals surface area (Å²) in [4.78, 5) is 13.7. The highest BCUT2D eigenvalue weighted by Gasteiger charge is 2.29.